The molecule has 21 heavy (non-hydrogen) atoms. The summed E-state index contributed by atoms with van der Waals surface area (Å²) >= 11 is 0. The van der Waals surface area contributed by atoms with Crippen LogP contribution in [0.4, 0.5) is 0 Å². The molecule has 1 N–H and O–H groups in total. The van der Waals surface area contributed by atoms with Crippen LogP contribution < -0.4 is 5.32 Å². The molecule has 0 unspecified atom stereocenters. The van der Waals surface area contributed by atoms with E-state index in [4.69, 9.17) is 4.74 Å². The van der Waals surface area contributed by atoms with Gasteiger partial charge in [-0.15, -0.1) is 0 Å². The summed E-state index contributed by atoms with van der Waals surface area (Å²) in [4.78, 5) is 14.6. The van der Waals surface area contributed by atoms with Gasteiger partial charge in [-0.25, -0.2) is 0 Å². The molecule has 2 fully saturated rings. The molecule has 1 saturated carbocycles. The molecule has 4 nitrogen and oxygen atoms in total. The Bertz CT molecular complexity index is 308. The van der Waals surface area contributed by atoms with Gasteiger partial charge >= 0.3 is 0 Å². The average Bonchev–Trinajstić information content (AvgIpc) is 2.55. The van der Waals surface area contributed by atoms with E-state index in [9.17, 15) is 4.79 Å². The fraction of sp³-hybridized carbons (Fsp3) is 0.941. The first-order chi connectivity index (χ1) is 10.3. The first-order valence-electron chi connectivity index (χ1n) is 8.86. The summed E-state index contributed by atoms with van der Waals surface area (Å²) < 4.78 is 5.50. The summed E-state index contributed by atoms with van der Waals surface area (Å²) in [5.41, 5.74) is 0.197. The summed E-state index contributed by atoms with van der Waals surface area (Å²) in [7, 11) is 0. The van der Waals surface area contributed by atoms with E-state index in [2.05, 4.69) is 17.1 Å². The smallest absolute Gasteiger partial charge is 0.220 e. The Kier molecular flexibility index (Phi) is 6.97. The third kappa shape index (κ3) is 4.96. The van der Waals surface area contributed by atoms with Crippen LogP contribution in [0.25, 0.3) is 0 Å². The highest BCUT2D eigenvalue weighted by molar-refractivity contribution is 5.75. The zero-order valence-corrected chi connectivity index (χ0v) is 13.7. The van der Waals surface area contributed by atoms with Crippen LogP contribution >= 0.6 is 0 Å². The zero-order chi connectivity index (χ0) is 15.0. The van der Waals surface area contributed by atoms with Gasteiger partial charge in [0, 0.05) is 31.6 Å². The van der Waals surface area contributed by atoms with Crippen molar-refractivity contribution in [3.05, 3.63) is 0 Å². The lowest BCUT2D eigenvalue weighted by Gasteiger charge is -2.48. The molecule has 0 bridgehead atoms. The molecule has 1 aliphatic heterocycles. The summed E-state index contributed by atoms with van der Waals surface area (Å²) in [5, 5.41) is 3.23. The Morgan fingerprint density at radius 3 is 2.52 bits per heavy atom. The van der Waals surface area contributed by atoms with E-state index < -0.39 is 0 Å². The standard InChI is InChI=1S/C17H32N2O2/c1-2-3-5-8-16(20)18-15-17(9-6-4-7-10-17)19-11-13-21-14-12-19/h2-15H2,1H3,(H,18,20). The minimum Gasteiger partial charge on any atom is -0.379 e. The topological polar surface area (TPSA) is 41.6 Å². The Labute approximate surface area is 129 Å². The Hall–Kier alpha value is -0.610. The highest BCUT2D eigenvalue weighted by Gasteiger charge is 2.38. The predicted molar refractivity (Wildman–Crippen MR) is 85.4 cm³/mol. The number of amides is 1. The lowest BCUT2D eigenvalue weighted by molar-refractivity contribution is -0.122. The second kappa shape index (κ2) is 8.74. The minimum atomic E-state index is 0.197. The number of carbonyl (C=O) groups is 1. The molecule has 4 heteroatoms. The summed E-state index contributed by atoms with van der Waals surface area (Å²) in [6.45, 7) is 6.72. The number of hydrogen-bond acceptors (Lipinski definition) is 3. The molecule has 0 aromatic carbocycles. The van der Waals surface area contributed by atoms with E-state index in [0.29, 0.717) is 6.42 Å². The van der Waals surface area contributed by atoms with Gasteiger partial charge in [-0.05, 0) is 19.3 Å². The second-order valence-electron chi connectivity index (χ2n) is 6.62. The number of unbranched alkanes of at least 4 members (excludes halogenated alkanes) is 2. The van der Waals surface area contributed by atoms with Gasteiger partial charge in [0.2, 0.25) is 5.91 Å². The van der Waals surface area contributed by atoms with E-state index in [-0.39, 0.29) is 11.4 Å². The molecular weight excluding hydrogens is 264 g/mol. The van der Waals surface area contributed by atoms with Crippen molar-refractivity contribution < 1.29 is 9.53 Å². The first-order valence-corrected chi connectivity index (χ1v) is 8.86. The van der Waals surface area contributed by atoms with E-state index >= 15 is 0 Å². The maximum Gasteiger partial charge on any atom is 0.220 e. The van der Waals surface area contributed by atoms with Gasteiger partial charge in [-0.2, -0.15) is 0 Å². The van der Waals surface area contributed by atoms with E-state index in [1.165, 1.54) is 38.5 Å². The molecule has 2 rings (SSSR count). The van der Waals surface area contributed by atoms with Crippen LogP contribution in [-0.4, -0.2) is 49.2 Å². The van der Waals surface area contributed by atoms with Crippen molar-refractivity contribution in [3.63, 3.8) is 0 Å². The zero-order valence-electron chi connectivity index (χ0n) is 13.7. The maximum atomic E-state index is 12.0. The van der Waals surface area contributed by atoms with Gasteiger partial charge in [-0.3, -0.25) is 9.69 Å². The SMILES string of the molecule is CCCCCC(=O)NCC1(N2CCOCC2)CCCCC1. The molecule has 1 amide bonds. The molecule has 0 atom stereocenters. The van der Waals surface area contributed by atoms with Crippen LogP contribution in [0.1, 0.15) is 64.7 Å². The summed E-state index contributed by atoms with van der Waals surface area (Å²) in [6.07, 6.45) is 10.4. The number of morpholine rings is 1. The quantitative estimate of drug-likeness (QED) is 0.735. The van der Waals surface area contributed by atoms with Crippen molar-refractivity contribution in [2.45, 2.75) is 70.3 Å². The summed E-state index contributed by atoms with van der Waals surface area (Å²) in [6, 6.07) is 0. The first kappa shape index (κ1) is 16.8. The van der Waals surface area contributed by atoms with Crippen LogP contribution in [0, 0.1) is 0 Å². The van der Waals surface area contributed by atoms with Crippen LogP contribution in [0.15, 0.2) is 0 Å². The second-order valence-corrected chi connectivity index (χ2v) is 6.62. The number of carbonyl (C=O) groups excluding carboxylic acids is 1. The molecule has 0 aromatic rings. The summed E-state index contributed by atoms with van der Waals surface area (Å²) in [5.74, 6) is 0.238. The molecule has 1 saturated heterocycles. The van der Waals surface area contributed by atoms with Crippen molar-refractivity contribution in [2.75, 3.05) is 32.8 Å². The van der Waals surface area contributed by atoms with Crippen molar-refractivity contribution in [2.24, 2.45) is 0 Å². The van der Waals surface area contributed by atoms with Crippen molar-refractivity contribution >= 4 is 5.91 Å². The fourth-order valence-electron chi connectivity index (χ4n) is 3.74. The molecule has 122 valence electrons. The van der Waals surface area contributed by atoms with Crippen LogP contribution in [0.5, 0.6) is 0 Å². The number of ether oxygens (including phenoxy) is 1. The average molecular weight is 296 g/mol. The number of nitrogens with zero attached hydrogens (tertiary/aromatic N) is 1. The van der Waals surface area contributed by atoms with Crippen LogP contribution in [0.3, 0.4) is 0 Å². The van der Waals surface area contributed by atoms with E-state index in [0.717, 1.165) is 45.7 Å². The molecular formula is C17H32N2O2. The van der Waals surface area contributed by atoms with Crippen molar-refractivity contribution in [3.8, 4) is 0 Å². The number of nitrogens with one attached hydrogen (secondary N) is 1. The van der Waals surface area contributed by atoms with Gasteiger partial charge in [0.15, 0.2) is 0 Å². The molecule has 1 heterocycles. The van der Waals surface area contributed by atoms with Crippen LogP contribution in [0.2, 0.25) is 0 Å². The van der Waals surface area contributed by atoms with Gasteiger partial charge in [0.1, 0.15) is 0 Å². The van der Waals surface area contributed by atoms with Crippen LogP contribution in [-0.2, 0) is 9.53 Å². The predicted octanol–water partition coefficient (Wildman–Crippen LogP) is 2.72. The van der Waals surface area contributed by atoms with E-state index in [1.807, 2.05) is 0 Å². The third-order valence-electron chi connectivity index (χ3n) is 5.09. The van der Waals surface area contributed by atoms with Gasteiger partial charge in [0.25, 0.3) is 0 Å². The van der Waals surface area contributed by atoms with Crippen molar-refractivity contribution in [1.29, 1.82) is 0 Å². The lowest BCUT2D eigenvalue weighted by atomic mass is 9.79. The molecule has 2 aliphatic rings. The third-order valence-corrected chi connectivity index (χ3v) is 5.09. The molecule has 0 radical (unpaired) electrons. The maximum absolute atomic E-state index is 12.0. The lowest BCUT2D eigenvalue weighted by Crippen LogP contribution is -2.59. The van der Waals surface area contributed by atoms with Gasteiger partial charge < -0.3 is 10.1 Å². The highest BCUT2D eigenvalue weighted by atomic mass is 16.5. The highest BCUT2D eigenvalue weighted by Crippen LogP contribution is 2.33. The minimum absolute atomic E-state index is 0.197. The van der Waals surface area contributed by atoms with Gasteiger partial charge in [0.05, 0.1) is 13.2 Å². The molecule has 1 aliphatic carbocycles. The van der Waals surface area contributed by atoms with Crippen molar-refractivity contribution in [1.82, 2.24) is 10.2 Å². The van der Waals surface area contributed by atoms with E-state index in [1.54, 1.807) is 0 Å². The Morgan fingerprint density at radius 2 is 1.86 bits per heavy atom. The fourth-order valence-corrected chi connectivity index (χ4v) is 3.74. The largest absolute Gasteiger partial charge is 0.379 e. The Morgan fingerprint density at radius 1 is 1.14 bits per heavy atom. The monoisotopic (exact) mass is 296 g/mol. The molecule has 0 spiro atoms. The number of hydrogen-bond donors (Lipinski definition) is 1. The normalized spacial score (nSPS) is 22.9. The van der Waals surface area contributed by atoms with Gasteiger partial charge in [-0.1, -0.05) is 39.0 Å². The molecule has 0 aromatic heterocycles. The Balaban J connectivity index is 1.85. The number of rotatable bonds is 7.